The monoisotopic (exact) mass is 411 g/mol. The number of nitrogens with one attached hydrogen (secondary N) is 2. The maximum atomic E-state index is 13.0. The number of ether oxygens (including phenoxy) is 2. The van der Waals surface area contributed by atoms with E-state index in [4.69, 9.17) is 9.47 Å². The Kier molecular flexibility index (Phi) is 7.30. The number of rotatable bonds is 7. The van der Waals surface area contributed by atoms with Gasteiger partial charge in [-0.1, -0.05) is 24.3 Å². The molecule has 0 radical (unpaired) electrons. The largest absolute Gasteiger partial charge is 0.488 e. The highest BCUT2D eigenvalue weighted by Gasteiger charge is 2.40. The predicted octanol–water partition coefficient (Wildman–Crippen LogP) is 3.12. The molecule has 2 aromatic carbocycles. The van der Waals surface area contributed by atoms with Crippen LogP contribution in [0.5, 0.6) is 5.75 Å². The van der Waals surface area contributed by atoms with E-state index in [9.17, 15) is 9.59 Å². The number of hydrogen-bond acceptors (Lipinski definition) is 4. The molecule has 0 aliphatic carbocycles. The summed E-state index contributed by atoms with van der Waals surface area (Å²) in [7, 11) is 1.58. The minimum atomic E-state index is -0.609. The fourth-order valence-electron chi connectivity index (χ4n) is 3.46. The fourth-order valence-corrected chi connectivity index (χ4v) is 3.46. The Morgan fingerprint density at radius 3 is 2.57 bits per heavy atom. The zero-order valence-corrected chi connectivity index (χ0v) is 17.7. The van der Waals surface area contributed by atoms with Crippen molar-refractivity contribution in [2.45, 2.75) is 32.4 Å². The highest BCUT2D eigenvalue weighted by molar-refractivity contribution is 5.94. The van der Waals surface area contributed by atoms with Gasteiger partial charge in [0.15, 0.2) is 0 Å². The molecule has 30 heavy (non-hydrogen) atoms. The molecule has 3 rings (SSSR count). The van der Waals surface area contributed by atoms with Crippen molar-refractivity contribution in [1.29, 1.82) is 0 Å². The topological polar surface area (TPSA) is 79.9 Å². The first-order chi connectivity index (χ1) is 14.5. The SMILES string of the molecule is COCCNC(=O)[C@@H]1C[C@H](Oc2ccccc2)CN1C(=O)Nc1ccc(C)c(C)c1. The molecule has 0 spiro atoms. The van der Waals surface area contributed by atoms with Gasteiger partial charge in [-0.2, -0.15) is 0 Å². The van der Waals surface area contributed by atoms with Crippen molar-refractivity contribution in [1.82, 2.24) is 10.2 Å². The van der Waals surface area contributed by atoms with Gasteiger partial charge >= 0.3 is 6.03 Å². The van der Waals surface area contributed by atoms with Gasteiger partial charge in [0.05, 0.1) is 13.2 Å². The zero-order chi connectivity index (χ0) is 21.5. The molecule has 1 aliphatic rings. The Bertz CT molecular complexity index is 872. The molecule has 160 valence electrons. The lowest BCUT2D eigenvalue weighted by Crippen LogP contribution is -2.48. The van der Waals surface area contributed by atoms with Gasteiger partial charge in [0.1, 0.15) is 17.9 Å². The molecule has 7 nitrogen and oxygen atoms in total. The summed E-state index contributed by atoms with van der Waals surface area (Å²) in [4.78, 5) is 27.3. The molecule has 1 heterocycles. The zero-order valence-electron chi connectivity index (χ0n) is 17.7. The van der Waals surface area contributed by atoms with E-state index in [1.54, 1.807) is 12.0 Å². The third-order valence-electron chi connectivity index (χ3n) is 5.24. The third kappa shape index (κ3) is 5.51. The Morgan fingerprint density at radius 1 is 1.10 bits per heavy atom. The van der Waals surface area contributed by atoms with Gasteiger partial charge in [0.2, 0.25) is 5.91 Å². The second-order valence-electron chi connectivity index (χ2n) is 7.47. The van der Waals surface area contributed by atoms with Crippen molar-refractivity contribution in [3.63, 3.8) is 0 Å². The summed E-state index contributed by atoms with van der Waals surface area (Å²) < 4.78 is 11.0. The first-order valence-electron chi connectivity index (χ1n) is 10.1. The Balaban J connectivity index is 1.72. The highest BCUT2D eigenvalue weighted by atomic mass is 16.5. The number of para-hydroxylation sites is 1. The summed E-state index contributed by atoms with van der Waals surface area (Å²) in [5, 5.41) is 5.75. The van der Waals surface area contributed by atoms with Crippen LogP contribution in [0.2, 0.25) is 0 Å². The molecule has 3 amide bonds. The van der Waals surface area contributed by atoms with Crippen molar-refractivity contribution in [2.75, 3.05) is 32.1 Å². The average molecular weight is 412 g/mol. The molecule has 1 aliphatic heterocycles. The minimum Gasteiger partial charge on any atom is -0.488 e. The van der Waals surface area contributed by atoms with Crippen molar-refractivity contribution in [3.8, 4) is 5.75 Å². The van der Waals surface area contributed by atoms with E-state index in [2.05, 4.69) is 10.6 Å². The number of nitrogens with zero attached hydrogens (tertiary/aromatic N) is 1. The van der Waals surface area contributed by atoms with Crippen LogP contribution in [0.25, 0.3) is 0 Å². The van der Waals surface area contributed by atoms with Gasteiger partial charge in [-0.3, -0.25) is 4.79 Å². The number of urea groups is 1. The second kappa shape index (κ2) is 10.1. The van der Waals surface area contributed by atoms with Crippen LogP contribution >= 0.6 is 0 Å². The van der Waals surface area contributed by atoms with Gasteiger partial charge in [-0.05, 0) is 49.2 Å². The van der Waals surface area contributed by atoms with Crippen molar-refractivity contribution >= 4 is 17.6 Å². The van der Waals surface area contributed by atoms with Gasteiger partial charge in [0.25, 0.3) is 0 Å². The van der Waals surface area contributed by atoms with Gasteiger partial charge < -0.3 is 25.0 Å². The lowest BCUT2D eigenvalue weighted by molar-refractivity contribution is -0.124. The van der Waals surface area contributed by atoms with E-state index in [1.807, 2.05) is 62.4 Å². The number of carbonyl (C=O) groups is 2. The number of benzene rings is 2. The van der Waals surface area contributed by atoms with Gasteiger partial charge in [0, 0.05) is 25.8 Å². The van der Waals surface area contributed by atoms with Crippen LogP contribution < -0.4 is 15.4 Å². The molecular formula is C23H29N3O4. The number of anilines is 1. The molecule has 7 heteroatoms. The minimum absolute atomic E-state index is 0.207. The standard InChI is InChI=1S/C23H29N3O4/c1-16-9-10-18(13-17(16)2)25-23(28)26-15-20(30-19-7-5-4-6-8-19)14-21(26)22(27)24-11-12-29-3/h4-10,13,20-21H,11-12,14-15H2,1-3H3,(H,24,27)(H,25,28)/t20-,21-/m0/s1. The Labute approximate surface area is 177 Å². The molecule has 2 aromatic rings. The first kappa shape index (κ1) is 21.6. The van der Waals surface area contributed by atoms with E-state index in [1.165, 1.54) is 0 Å². The second-order valence-corrected chi connectivity index (χ2v) is 7.47. The fraction of sp³-hybridized carbons (Fsp3) is 0.391. The quantitative estimate of drug-likeness (QED) is 0.686. The van der Waals surface area contributed by atoms with Crippen molar-refractivity contribution < 1.29 is 19.1 Å². The summed E-state index contributed by atoms with van der Waals surface area (Å²) in [6.45, 7) is 5.15. The van der Waals surface area contributed by atoms with Crippen LogP contribution in [0.3, 0.4) is 0 Å². The van der Waals surface area contributed by atoms with Crippen molar-refractivity contribution in [2.24, 2.45) is 0 Å². The molecule has 0 bridgehead atoms. The van der Waals surface area contributed by atoms with Gasteiger partial charge in [-0.25, -0.2) is 4.79 Å². The molecule has 0 aromatic heterocycles. The van der Waals surface area contributed by atoms with Crippen LogP contribution in [0.1, 0.15) is 17.5 Å². The number of amides is 3. The maximum Gasteiger partial charge on any atom is 0.322 e. The van der Waals surface area contributed by atoms with E-state index < -0.39 is 6.04 Å². The van der Waals surface area contributed by atoms with Crippen LogP contribution in [0.15, 0.2) is 48.5 Å². The van der Waals surface area contributed by atoms with E-state index in [-0.39, 0.29) is 18.0 Å². The van der Waals surface area contributed by atoms with E-state index in [0.717, 1.165) is 16.9 Å². The normalized spacial score (nSPS) is 18.2. The molecule has 2 atom stereocenters. The first-order valence-corrected chi connectivity index (χ1v) is 10.1. The average Bonchev–Trinajstić information content (AvgIpc) is 3.16. The number of carbonyl (C=O) groups excluding carboxylic acids is 2. The molecule has 0 unspecified atom stereocenters. The summed E-state index contributed by atoms with van der Waals surface area (Å²) in [6, 6.07) is 14.3. The van der Waals surface area contributed by atoms with Crippen LogP contribution in [0.4, 0.5) is 10.5 Å². The van der Waals surface area contributed by atoms with E-state index in [0.29, 0.717) is 31.8 Å². The molecular weight excluding hydrogens is 382 g/mol. The summed E-state index contributed by atoms with van der Waals surface area (Å²) in [5.41, 5.74) is 2.95. The summed E-state index contributed by atoms with van der Waals surface area (Å²) in [6.07, 6.45) is 0.157. The van der Waals surface area contributed by atoms with Gasteiger partial charge in [-0.15, -0.1) is 0 Å². The third-order valence-corrected chi connectivity index (χ3v) is 5.24. The number of aryl methyl sites for hydroxylation is 2. The molecule has 1 fully saturated rings. The lowest BCUT2D eigenvalue weighted by atomic mass is 10.1. The number of hydrogen-bond donors (Lipinski definition) is 2. The summed E-state index contributed by atoms with van der Waals surface area (Å²) in [5.74, 6) is 0.513. The Hall–Kier alpha value is -3.06. The molecule has 0 saturated carbocycles. The van der Waals surface area contributed by atoms with E-state index >= 15 is 0 Å². The van der Waals surface area contributed by atoms with Crippen LogP contribution in [-0.4, -0.2) is 55.8 Å². The Morgan fingerprint density at radius 2 is 1.87 bits per heavy atom. The molecule has 2 N–H and O–H groups in total. The predicted molar refractivity (Wildman–Crippen MR) is 116 cm³/mol. The molecule has 1 saturated heterocycles. The van der Waals surface area contributed by atoms with Crippen LogP contribution in [-0.2, 0) is 9.53 Å². The highest BCUT2D eigenvalue weighted by Crippen LogP contribution is 2.25. The number of methoxy groups -OCH3 is 1. The van der Waals surface area contributed by atoms with Crippen LogP contribution in [0, 0.1) is 13.8 Å². The number of likely N-dealkylation sites (tertiary alicyclic amines) is 1. The smallest absolute Gasteiger partial charge is 0.322 e. The van der Waals surface area contributed by atoms with Crippen molar-refractivity contribution in [3.05, 3.63) is 59.7 Å². The summed E-state index contributed by atoms with van der Waals surface area (Å²) >= 11 is 0. The lowest BCUT2D eigenvalue weighted by Gasteiger charge is -2.24. The maximum absolute atomic E-state index is 13.0.